The molecule has 0 aromatic rings. The van der Waals surface area contributed by atoms with Gasteiger partial charge in [-0.25, -0.2) is 0 Å². The first-order valence-electron chi connectivity index (χ1n) is 6.03. The number of hydrogen-bond acceptors (Lipinski definition) is 1. The van der Waals surface area contributed by atoms with Gasteiger partial charge in [0.05, 0.1) is 0 Å². The van der Waals surface area contributed by atoms with Crippen LogP contribution in [-0.2, 0) is 4.79 Å². The largest absolute Gasteiger partial charge is 0.340 e. The van der Waals surface area contributed by atoms with Gasteiger partial charge in [0.25, 0.3) is 0 Å². The van der Waals surface area contributed by atoms with E-state index < -0.39 is 0 Å². The van der Waals surface area contributed by atoms with Crippen molar-refractivity contribution in [1.29, 1.82) is 0 Å². The fourth-order valence-electron chi connectivity index (χ4n) is 2.13. The lowest BCUT2D eigenvalue weighted by atomic mass is 9.94. The van der Waals surface area contributed by atoms with Crippen molar-refractivity contribution in [3.8, 4) is 0 Å². The number of nitrogens with zero attached hydrogens (tertiary/aromatic N) is 1. The van der Waals surface area contributed by atoms with Gasteiger partial charge in [-0.15, -0.1) is 0 Å². The standard InChI is InChI=1S/C10H19NO.C2H6/c1-3-11(9(2)12)10-7-5-4-6-8-10;1-2/h10H,3-8H2,1-2H3;1-2H3. The summed E-state index contributed by atoms with van der Waals surface area (Å²) in [7, 11) is 0. The van der Waals surface area contributed by atoms with Crippen LogP contribution in [0.3, 0.4) is 0 Å². The summed E-state index contributed by atoms with van der Waals surface area (Å²) in [5.74, 6) is 0.240. The highest BCUT2D eigenvalue weighted by Crippen LogP contribution is 2.22. The zero-order valence-corrected chi connectivity index (χ0v) is 10.2. The van der Waals surface area contributed by atoms with Gasteiger partial charge < -0.3 is 4.90 Å². The van der Waals surface area contributed by atoms with E-state index in [1.165, 1.54) is 32.1 Å². The molecule has 0 aromatic heterocycles. The molecule has 0 atom stereocenters. The van der Waals surface area contributed by atoms with Gasteiger partial charge in [0.2, 0.25) is 5.91 Å². The summed E-state index contributed by atoms with van der Waals surface area (Å²) in [4.78, 5) is 13.2. The van der Waals surface area contributed by atoms with Crippen molar-refractivity contribution >= 4 is 5.91 Å². The number of carbonyl (C=O) groups excluding carboxylic acids is 1. The summed E-state index contributed by atoms with van der Waals surface area (Å²) in [5.41, 5.74) is 0. The second kappa shape index (κ2) is 7.84. The van der Waals surface area contributed by atoms with E-state index in [1.54, 1.807) is 6.92 Å². The van der Waals surface area contributed by atoms with E-state index in [0.717, 1.165) is 6.54 Å². The Morgan fingerprint density at radius 1 is 1.21 bits per heavy atom. The zero-order valence-electron chi connectivity index (χ0n) is 10.2. The molecule has 0 saturated heterocycles. The van der Waals surface area contributed by atoms with E-state index in [-0.39, 0.29) is 5.91 Å². The molecule has 1 aliphatic rings. The van der Waals surface area contributed by atoms with Crippen LogP contribution in [0.4, 0.5) is 0 Å². The number of carbonyl (C=O) groups is 1. The first kappa shape index (κ1) is 13.5. The van der Waals surface area contributed by atoms with Crippen molar-refractivity contribution in [2.75, 3.05) is 6.54 Å². The molecular formula is C12H25NO. The molecule has 1 saturated carbocycles. The minimum Gasteiger partial charge on any atom is -0.340 e. The normalized spacial score (nSPS) is 16.9. The van der Waals surface area contributed by atoms with Crippen molar-refractivity contribution in [3.05, 3.63) is 0 Å². The van der Waals surface area contributed by atoms with Crippen molar-refractivity contribution < 1.29 is 4.79 Å². The minimum atomic E-state index is 0.240. The molecule has 1 aliphatic carbocycles. The van der Waals surface area contributed by atoms with Crippen LogP contribution < -0.4 is 0 Å². The van der Waals surface area contributed by atoms with Crippen LogP contribution in [0, 0.1) is 0 Å². The molecule has 2 nitrogen and oxygen atoms in total. The van der Waals surface area contributed by atoms with Gasteiger partial charge in [-0.05, 0) is 19.8 Å². The van der Waals surface area contributed by atoms with Gasteiger partial charge >= 0.3 is 0 Å². The fraction of sp³-hybridized carbons (Fsp3) is 0.917. The van der Waals surface area contributed by atoms with Crippen LogP contribution in [0.15, 0.2) is 0 Å². The summed E-state index contributed by atoms with van der Waals surface area (Å²) < 4.78 is 0. The highest BCUT2D eigenvalue weighted by molar-refractivity contribution is 5.73. The van der Waals surface area contributed by atoms with Crippen LogP contribution in [0.2, 0.25) is 0 Å². The third-order valence-corrected chi connectivity index (χ3v) is 2.76. The van der Waals surface area contributed by atoms with E-state index in [0.29, 0.717) is 6.04 Å². The van der Waals surface area contributed by atoms with Crippen molar-refractivity contribution in [2.24, 2.45) is 0 Å². The van der Waals surface area contributed by atoms with E-state index in [9.17, 15) is 4.79 Å². The second-order valence-electron chi connectivity index (χ2n) is 3.60. The van der Waals surface area contributed by atoms with Crippen LogP contribution in [-0.4, -0.2) is 23.4 Å². The second-order valence-corrected chi connectivity index (χ2v) is 3.60. The minimum absolute atomic E-state index is 0.240. The van der Waals surface area contributed by atoms with Crippen LogP contribution in [0.5, 0.6) is 0 Å². The Kier molecular flexibility index (Phi) is 7.54. The number of amides is 1. The third-order valence-electron chi connectivity index (χ3n) is 2.76. The maximum absolute atomic E-state index is 11.2. The lowest BCUT2D eigenvalue weighted by Crippen LogP contribution is -2.39. The average Bonchev–Trinajstić information content (AvgIpc) is 2.23. The van der Waals surface area contributed by atoms with E-state index in [2.05, 4.69) is 6.92 Å². The molecule has 0 spiro atoms. The SMILES string of the molecule is CC.CCN(C(C)=O)C1CCCCC1. The van der Waals surface area contributed by atoms with Crippen LogP contribution in [0.25, 0.3) is 0 Å². The van der Waals surface area contributed by atoms with Crippen molar-refractivity contribution in [1.82, 2.24) is 4.90 Å². The number of hydrogen-bond donors (Lipinski definition) is 0. The van der Waals surface area contributed by atoms with Gasteiger partial charge in [0, 0.05) is 19.5 Å². The Hall–Kier alpha value is -0.530. The lowest BCUT2D eigenvalue weighted by molar-refractivity contribution is -0.131. The first-order valence-corrected chi connectivity index (χ1v) is 6.03. The van der Waals surface area contributed by atoms with Crippen LogP contribution >= 0.6 is 0 Å². The molecule has 0 N–H and O–H groups in total. The maximum atomic E-state index is 11.2. The summed E-state index contributed by atoms with van der Waals surface area (Å²) in [6, 6.07) is 0.543. The maximum Gasteiger partial charge on any atom is 0.219 e. The Bertz CT molecular complexity index is 150. The number of rotatable bonds is 2. The smallest absolute Gasteiger partial charge is 0.219 e. The molecule has 0 bridgehead atoms. The molecular weight excluding hydrogens is 174 g/mol. The van der Waals surface area contributed by atoms with Gasteiger partial charge in [-0.3, -0.25) is 4.79 Å². The topological polar surface area (TPSA) is 20.3 Å². The van der Waals surface area contributed by atoms with Crippen LogP contribution in [0.1, 0.15) is 59.8 Å². The monoisotopic (exact) mass is 199 g/mol. The summed E-state index contributed by atoms with van der Waals surface area (Å²) in [6.07, 6.45) is 6.38. The Balaban J connectivity index is 0.000000791. The third kappa shape index (κ3) is 4.12. The first-order chi connectivity index (χ1) is 6.75. The molecule has 84 valence electrons. The predicted molar refractivity (Wildman–Crippen MR) is 61.3 cm³/mol. The molecule has 0 aromatic carbocycles. The molecule has 0 unspecified atom stereocenters. The summed E-state index contributed by atoms with van der Waals surface area (Å²) in [5, 5.41) is 0. The molecule has 0 aliphatic heterocycles. The highest BCUT2D eigenvalue weighted by atomic mass is 16.2. The zero-order chi connectivity index (χ0) is 11.0. The Morgan fingerprint density at radius 2 is 1.71 bits per heavy atom. The average molecular weight is 199 g/mol. The van der Waals surface area contributed by atoms with E-state index in [1.807, 2.05) is 18.7 Å². The predicted octanol–water partition coefficient (Wildman–Crippen LogP) is 3.21. The fourth-order valence-corrected chi connectivity index (χ4v) is 2.13. The van der Waals surface area contributed by atoms with E-state index in [4.69, 9.17) is 0 Å². The molecule has 0 heterocycles. The van der Waals surface area contributed by atoms with Crippen molar-refractivity contribution in [2.45, 2.75) is 65.8 Å². The van der Waals surface area contributed by atoms with Crippen molar-refractivity contribution in [3.63, 3.8) is 0 Å². The van der Waals surface area contributed by atoms with Gasteiger partial charge in [-0.2, -0.15) is 0 Å². The summed E-state index contributed by atoms with van der Waals surface area (Å²) >= 11 is 0. The molecule has 1 fully saturated rings. The molecule has 1 rings (SSSR count). The quantitative estimate of drug-likeness (QED) is 0.668. The van der Waals surface area contributed by atoms with Gasteiger partial charge in [0.1, 0.15) is 0 Å². The lowest BCUT2D eigenvalue weighted by Gasteiger charge is -2.32. The highest BCUT2D eigenvalue weighted by Gasteiger charge is 2.21. The summed E-state index contributed by atoms with van der Waals surface area (Å²) in [6.45, 7) is 8.62. The van der Waals surface area contributed by atoms with Gasteiger partial charge in [0.15, 0.2) is 0 Å². The Morgan fingerprint density at radius 3 is 2.07 bits per heavy atom. The molecule has 14 heavy (non-hydrogen) atoms. The molecule has 2 heteroatoms. The Labute approximate surface area is 88.7 Å². The van der Waals surface area contributed by atoms with Gasteiger partial charge in [-0.1, -0.05) is 33.1 Å². The van der Waals surface area contributed by atoms with E-state index >= 15 is 0 Å². The molecule has 1 amide bonds. The molecule has 0 radical (unpaired) electrons.